The third-order valence-electron chi connectivity index (χ3n) is 6.89. The number of fused-ring (bicyclic) bond motifs is 5. The molecule has 5 rings (SSSR count). The van der Waals surface area contributed by atoms with Crippen molar-refractivity contribution in [2.24, 2.45) is 11.8 Å². The third-order valence-corrected chi connectivity index (χ3v) is 6.89. The number of nitrogens with one attached hydrogen (secondary N) is 2. The lowest BCUT2D eigenvalue weighted by atomic mass is 9.86. The van der Waals surface area contributed by atoms with Gasteiger partial charge in [0.2, 0.25) is 0 Å². The molecule has 34 heavy (non-hydrogen) atoms. The predicted octanol–water partition coefficient (Wildman–Crippen LogP) is 4.28. The minimum Gasteiger partial charge on any atom is -0.482 e. The fourth-order valence-corrected chi connectivity index (χ4v) is 4.90. The topological polar surface area (TPSA) is 102 Å². The van der Waals surface area contributed by atoms with Gasteiger partial charge in [0.15, 0.2) is 11.6 Å². The number of hydrogen-bond acceptors (Lipinski definition) is 6. The van der Waals surface area contributed by atoms with E-state index in [1.54, 1.807) is 12.3 Å². The van der Waals surface area contributed by atoms with Crippen molar-refractivity contribution in [3.05, 3.63) is 58.7 Å². The molecule has 2 atom stereocenters. The van der Waals surface area contributed by atoms with Crippen LogP contribution in [0.1, 0.15) is 48.3 Å². The van der Waals surface area contributed by atoms with E-state index in [1.165, 1.54) is 25.0 Å². The lowest BCUT2D eigenvalue weighted by Crippen LogP contribution is -2.30. The molecule has 1 aliphatic carbocycles. The van der Waals surface area contributed by atoms with Crippen LogP contribution in [-0.4, -0.2) is 34.1 Å². The molecular formula is C26H31FN6O. The van der Waals surface area contributed by atoms with Crippen molar-refractivity contribution in [2.75, 3.05) is 19.3 Å². The van der Waals surface area contributed by atoms with Crippen molar-refractivity contribution >= 4 is 11.5 Å². The first-order valence-corrected chi connectivity index (χ1v) is 11.9. The Kier molecular flexibility index (Phi) is 5.85. The molecule has 2 bridgehead atoms. The molecule has 4 N–H and O–H groups in total. The van der Waals surface area contributed by atoms with Gasteiger partial charge in [-0.25, -0.2) is 9.37 Å². The standard InChI is InChI=1S/C26H31FN6O/c1-14-21-8-17(11-30-3)24(28)20-7-6-19(27)10-22(20)15(2)34-23-9-18(12-31-26(23)29)25(21)33(32-14)13-16-4-5-16/h6-7,9-10,12,15-17,28,30H,4-5,8,11,13H2,1-3H3,(H2,29,31)/t15-,17?/m1/s1. The molecule has 1 unspecified atom stereocenters. The van der Waals surface area contributed by atoms with E-state index < -0.39 is 6.10 Å². The minimum absolute atomic E-state index is 0.127. The van der Waals surface area contributed by atoms with E-state index in [0.29, 0.717) is 41.5 Å². The average molecular weight is 463 g/mol. The number of rotatable bonds is 4. The van der Waals surface area contributed by atoms with Gasteiger partial charge in [0.1, 0.15) is 11.9 Å². The molecule has 1 fully saturated rings. The van der Waals surface area contributed by atoms with Crippen LogP contribution in [0.3, 0.4) is 0 Å². The van der Waals surface area contributed by atoms with Crippen LogP contribution in [-0.2, 0) is 13.0 Å². The summed E-state index contributed by atoms with van der Waals surface area (Å²) in [7, 11) is 1.89. The number of pyridine rings is 1. The molecule has 0 radical (unpaired) electrons. The lowest BCUT2D eigenvalue weighted by molar-refractivity contribution is 0.227. The largest absolute Gasteiger partial charge is 0.482 e. The zero-order chi connectivity index (χ0) is 24.0. The van der Waals surface area contributed by atoms with Gasteiger partial charge in [0.05, 0.1) is 11.4 Å². The molecule has 0 amide bonds. The summed E-state index contributed by atoms with van der Waals surface area (Å²) in [6, 6.07) is 6.46. The highest BCUT2D eigenvalue weighted by atomic mass is 19.1. The Bertz CT molecular complexity index is 1250. The lowest BCUT2D eigenvalue weighted by Gasteiger charge is -2.25. The Morgan fingerprint density at radius 1 is 1.29 bits per heavy atom. The fourth-order valence-electron chi connectivity index (χ4n) is 4.90. The molecule has 178 valence electrons. The summed E-state index contributed by atoms with van der Waals surface area (Å²) in [6.45, 7) is 5.36. The number of ether oxygens (including phenoxy) is 1. The Hall–Kier alpha value is -3.26. The molecule has 8 heteroatoms. The van der Waals surface area contributed by atoms with E-state index in [9.17, 15) is 4.39 Å². The van der Waals surface area contributed by atoms with Crippen molar-refractivity contribution in [3.63, 3.8) is 0 Å². The maximum absolute atomic E-state index is 14.3. The van der Waals surface area contributed by atoms with Gasteiger partial charge in [0, 0.05) is 53.2 Å². The van der Waals surface area contributed by atoms with Crippen molar-refractivity contribution < 1.29 is 9.13 Å². The Balaban J connectivity index is 1.72. The maximum atomic E-state index is 14.3. The predicted molar refractivity (Wildman–Crippen MR) is 131 cm³/mol. The van der Waals surface area contributed by atoms with Crippen LogP contribution in [0.2, 0.25) is 0 Å². The molecule has 3 aromatic rings. The molecule has 1 saturated carbocycles. The van der Waals surface area contributed by atoms with Crippen molar-refractivity contribution in [2.45, 2.75) is 45.8 Å². The highest BCUT2D eigenvalue weighted by Gasteiger charge is 2.30. The first-order chi connectivity index (χ1) is 16.4. The van der Waals surface area contributed by atoms with Gasteiger partial charge in [-0.1, -0.05) is 0 Å². The first-order valence-electron chi connectivity index (χ1n) is 11.9. The Labute approximate surface area is 199 Å². The summed E-state index contributed by atoms with van der Waals surface area (Å²) in [5, 5.41) is 17.3. The molecule has 0 saturated heterocycles. The fraction of sp³-hybridized carbons (Fsp3) is 0.423. The third kappa shape index (κ3) is 4.18. The molecule has 2 aliphatic rings. The summed E-state index contributed by atoms with van der Waals surface area (Å²) in [4.78, 5) is 4.43. The number of aryl methyl sites for hydroxylation is 1. The summed E-state index contributed by atoms with van der Waals surface area (Å²) in [5.74, 6) is 0.884. The summed E-state index contributed by atoms with van der Waals surface area (Å²) >= 11 is 0. The van der Waals surface area contributed by atoms with E-state index in [2.05, 4.69) is 15.0 Å². The molecule has 2 aromatic heterocycles. The molecule has 1 aliphatic heterocycles. The van der Waals surface area contributed by atoms with Gasteiger partial charge in [-0.2, -0.15) is 5.10 Å². The normalized spacial score (nSPS) is 20.1. The van der Waals surface area contributed by atoms with Crippen LogP contribution in [0.15, 0.2) is 30.5 Å². The highest BCUT2D eigenvalue weighted by Crippen LogP contribution is 2.38. The van der Waals surface area contributed by atoms with E-state index in [0.717, 1.165) is 29.1 Å². The zero-order valence-electron chi connectivity index (χ0n) is 19.9. The first kappa shape index (κ1) is 22.5. The van der Waals surface area contributed by atoms with Crippen molar-refractivity contribution in [1.82, 2.24) is 20.1 Å². The second kappa shape index (κ2) is 8.83. The van der Waals surface area contributed by atoms with Gasteiger partial charge in [-0.05, 0) is 70.3 Å². The molecule has 1 aromatic carbocycles. The monoisotopic (exact) mass is 462 g/mol. The number of benzene rings is 1. The van der Waals surface area contributed by atoms with E-state index >= 15 is 0 Å². The van der Waals surface area contributed by atoms with E-state index in [4.69, 9.17) is 21.0 Å². The van der Waals surface area contributed by atoms with Crippen LogP contribution in [0, 0.1) is 30.0 Å². The smallest absolute Gasteiger partial charge is 0.166 e. The number of nitrogen functional groups attached to an aromatic ring is 1. The van der Waals surface area contributed by atoms with Crippen molar-refractivity contribution in [3.8, 4) is 17.0 Å². The number of aromatic nitrogens is 3. The van der Waals surface area contributed by atoms with Crippen LogP contribution < -0.4 is 15.8 Å². The molecule has 7 nitrogen and oxygen atoms in total. The maximum Gasteiger partial charge on any atom is 0.166 e. The summed E-state index contributed by atoms with van der Waals surface area (Å²) in [5.41, 5.74) is 11.9. The minimum atomic E-state index is -0.516. The molecule has 0 spiro atoms. The zero-order valence-corrected chi connectivity index (χ0v) is 19.9. The molecule has 3 heterocycles. The van der Waals surface area contributed by atoms with Gasteiger partial charge in [-0.3, -0.25) is 4.68 Å². The van der Waals surface area contributed by atoms with E-state index in [1.807, 2.05) is 27.0 Å². The van der Waals surface area contributed by atoms with Gasteiger partial charge < -0.3 is 21.2 Å². The quantitative estimate of drug-likeness (QED) is 0.537. The summed E-state index contributed by atoms with van der Waals surface area (Å²) in [6.07, 6.45) is 4.34. The van der Waals surface area contributed by atoms with Crippen LogP contribution in [0.25, 0.3) is 11.3 Å². The Morgan fingerprint density at radius 3 is 2.82 bits per heavy atom. The molecular weight excluding hydrogens is 431 g/mol. The van der Waals surface area contributed by atoms with E-state index in [-0.39, 0.29) is 17.6 Å². The highest BCUT2D eigenvalue weighted by molar-refractivity contribution is 6.01. The average Bonchev–Trinajstić information content (AvgIpc) is 3.57. The van der Waals surface area contributed by atoms with Gasteiger partial charge >= 0.3 is 0 Å². The van der Waals surface area contributed by atoms with Crippen LogP contribution >= 0.6 is 0 Å². The van der Waals surface area contributed by atoms with Gasteiger partial charge in [0.25, 0.3) is 0 Å². The summed E-state index contributed by atoms with van der Waals surface area (Å²) < 4.78 is 22.6. The number of hydrogen-bond donors (Lipinski definition) is 3. The van der Waals surface area contributed by atoms with Crippen LogP contribution in [0.5, 0.6) is 5.75 Å². The van der Waals surface area contributed by atoms with Crippen molar-refractivity contribution in [1.29, 1.82) is 5.41 Å². The number of nitrogens with zero attached hydrogens (tertiary/aromatic N) is 3. The number of halogens is 1. The number of anilines is 1. The second-order valence-electron chi connectivity index (χ2n) is 9.51. The number of nitrogens with two attached hydrogens (primary N) is 1. The van der Waals surface area contributed by atoms with Crippen LogP contribution in [0.4, 0.5) is 10.2 Å². The second-order valence-corrected chi connectivity index (χ2v) is 9.51. The SMILES string of the molecule is CNCC1Cc2c(C)nn(CC3CC3)c2-c2cnc(N)c(c2)O[C@H](C)c2cc(F)ccc2C1=N. The van der Waals surface area contributed by atoms with Gasteiger partial charge in [-0.15, -0.1) is 0 Å². The Morgan fingerprint density at radius 2 is 2.09 bits per heavy atom.